The van der Waals surface area contributed by atoms with E-state index in [1.807, 2.05) is 334 Å². The highest BCUT2D eigenvalue weighted by atomic mass is 127. The molecule has 0 aliphatic heterocycles. The van der Waals surface area contributed by atoms with Gasteiger partial charge in [-0.1, -0.05) is 480 Å². The lowest BCUT2D eigenvalue weighted by atomic mass is 9.77. The van der Waals surface area contributed by atoms with Gasteiger partial charge in [0, 0.05) is 43.0 Å². The first-order valence-electron chi connectivity index (χ1n) is 52.5. The molecule has 4 nitrogen and oxygen atoms in total. The number of nitrogen functional groups attached to an aromatic ring is 1. The first-order valence-corrected chi connectivity index (χ1v) is 47.0. The highest BCUT2D eigenvalue weighted by Crippen LogP contribution is 2.41. The third kappa shape index (κ3) is 25.9. The quantitative estimate of drug-likeness (QED) is 0.0527. The topological polar surface area (TPSA) is 78.5 Å². The molecule has 0 heterocycles. The maximum absolute atomic E-state index is 9.08. The predicted octanol–water partition coefficient (Wildman–Crippen LogP) is 36.2. The number of halogens is 5. The highest BCUT2D eigenvalue weighted by molar-refractivity contribution is 14.1. The molecule has 0 aliphatic rings. The fourth-order valence-electron chi connectivity index (χ4n) is 15.0. The van der Waals surface area contributed by atoms with Gasteiger partial charge in [-0.3, -0.25) is 0 Å². The molecule has 0 fully saturated rings. The monoisotopic (exact) mass is 2180 g/mol. The number of anilines is 3. The van der Waals surface area contributed by atoms with Crippen molar-refractivity contribution in [3.63, 3.8) is 0 Å². The summed E-state index contributed by atoms with van der Waals surface area (Å²) in [4.78, 5) is 0. The summed E-state index contributed by atoms with van der Waals surface area (Å²) in [6.07, 6.45) is 0. The molecule has 0 saturated heterocycles. The maximum Gasteiger partial charge on any atom is 0.489 e. The number of rotatable bonds is 13. The van der Waals surface area contributed by atoms with Gasteiger partial charge >= 0.3 is 7.12 Å². The van der Waals surface area contributed by atoms with Gasteiger partial charge in [-0.25, -0.2) is 0 Å². The molecule has 0 radical (unpaired) electrons. The summed E-state index contributed by atoms with van der Waals surface area (Å²) in [6, 6.07) is 131. The van der Waals surface area contributed by atoms with Crippen LogP contribution in [0.4, 0.5) is 17.1 Å². The van der Waals surface area contributed by atoms with E-state index < -0.39 is 7.12 Å². The van der Waals surface area contributed by atoms with Crippen LogP contribution in [0.3, 0.4) is 0 Å². The smallest absolute Gasteiger partial charge is 0.423 e. The van der Waals surface area contributed by atoms with E-state index >= 15 is 0 Å². The molecule has 22 aromatic rings. The van der Waals surface area contributed by atoms with Crippen LogP contribution in [0.2, 0.25) is 0 Å². The molecular weight excluding hydrogens is 2070 g/mol. The number of fused-ring (bicyclic) bond motifs is 4. The zero-order valence-corrected chi connectivity index (χ0v) is 80.7. The molecular formula is C125H96BBr3I2N2O2. The van der Waals surface area contributed by atoms with Crippen LogP contribution in [0, 0.1) is 7.14 Å². The van der Waals surface area contributed by atoms with Gasteiger partial charge in [-0.05, 0) is 302 Å². The van der Waals surface area contributed by atoms with Crippen LogP contribution in [0.25, 0.3) is 154 Å². The standard InChI is InChI=1S/C34H25N.C24H17Br.C24H19N.C16H11Br.C10H9BO2.C10H7I.C6H4BrI.CH4/c1-3-10-26(11-4-1)31-23-20-29(24-33(31)28-12-5-2-6-13-28)25-18-21-30(22-19-25)35-34-17-9-15-27-14-7-8-16-32(27)34;2*25-22-14-11-18(12-15-22)21-13-16-23(19-7-3-1-4-8-19)24(17-21)20-9-5-2-6-10-20;17-14-10-8-13(9-11-14)16-7-3-5-12-4-1-2-6-15(12)16;12-11(13)10-7-3-5-8-4-1-2-6-9(8)10;11-10-7-3-5-8-4-1-2-6-9(8)10;7-5-1-3-6(8)4-2-5;/h1-24,35H;1-17H;1-17H,25H2;1-11H;1-7,12-13H;1-7H;1-4H;1H4/i18D,19D,21D,22D;2*11D,12D,14D,15D;8D,9D,10D,11D;;;1D,2D,3D,4D;. The van der Waals surface area contributed by atoms with Crippen LogP contribution in [-0.4, -0.2) is 17.2 Å². The second-order valence-electron chi connectivity index (χ2n) is 30.1. The third-order valence-electron chi connectivity index (χ3n) is 21.4. The van der Waals surface area contributed by atoms with E-state index in [2.05, 4.69) is 142 Å². The molecule has 656 valence electrons. The second-order valence-corrected chi connectivity index (χ2v) is 34.7. The summed E-state index contributed by atoms with van der Waals surface area (Å²) in [7, 11) is -1.40. The molecule has 0 spiro atoms. The minimum atomic E-state index is -1.40. The van der Waals surface area contributed by atoms with Gasteiger partial charge in [-0.2, -0.15) is 0 Å². The van der Waals surface area contributed by atoms with E-state index in [0.717, 1.165) is 110 Å². The number of benzene rings is 22. The fourth-order valence-corrected chi connectivity index (χ4v) is 16.6. The molecule has 0 bridgehead atoms. The lowest BCUT2D eigenvalue weighted by Crippen LogP contribution is -2.30. The Balaban J connectivity index is 0.000000140. The van der Waals surface area contributed by atoms with Gasteiger partial charge in [-0.15, -0.1) is 0 Å². The van der Waals surface area contributed by atoms with Crippen molar-refractivity contribution in [2.24, 2.45) is 0 Å². The van der Waals surface area contributed by atoms with Crippen molar-refractivity contribution in [3.8, 4) is 111 Å². The molecule has 22 aromatic carbocycles. The SMILES string of the molecule is C.Ic1cccc2ccccc12.OB(O)c1cccc2ccccc12.[2H]c1c([2H])c(-c2ccc(-c3ccccc3)c(-c3ccccc3)c2)c([2H])c([2H])c1Br.[2H]c1c([2H])c(-c2ccc(-c3ccccc3)c(-c3ccccc3)c2)c([2H])c([2H])c1N.[2H]c1c([2H])c(-c2ccc(-c3ccccc3)c(-c3ccccc3)c2)c([2H])c([2H])c1Nc1cccc2ccccc12.[2H]c1c([2H])c(-c2cccc3ccccc23)c([2H])c([2H])c1Br.[2H]c1c([2H])c(I)c([2H])c([2H])c1Br. The molecule has 0 aromatic heterocycles. The molecule has 0 unspecified atom stereocenters. The molecule has 10 heteroatoms. The van der Waals surface area contributed by atoms with Crippen molar-refractivity contribution in [2.75, 3.05) is 11.1 Å². The van der Waals surface area contributed by atoms with Crippen LogP contribution < -0.4 is 16.5 Å². The van der Waals surface area contributed by atoms with Crippen molar-refractivity contribution < 1.29 is 37.5 Å². The van der Waals surface area contributed by atoms with Gasteiger partial charge in [0.25, 0.3) is 0 Å². The van der Waals surface area contributed by atoms with Crippen LogP contribution >= 0.6 is 93.0 Å². The molecule has 0 amide bonds. The Hall–Kier alpha value is -13.6. The molecule has 22 rings (SSSR count). The van der Waals surface area contributed by atoms with Crippen molar-refractivity contribution in [1.29, 1.82) is 0 Å². The zero-order chi connectivity index (χ0) is 110. The Morgan fingerprint density at radius 1 is 0.237 bits per heavy atom. The second kappa shape index (κ2) is 48.3. The minimum Gasteiger partial charge on any atom is -0.423 e. The van der Waals surface area contributed by atoms with Crippen LogP contribution in [0.1, 0.15) is 34.8 Å². The van der Waals surface area contributed by atoms with Crippen molar-refractivity contribution >= 4 is 166 Å². The normalized spacial score (nSPS) is 12.5. The Bertz CT molecular complexity index is 8510. The summed E-state index contributed by atoms with van der Waals surface area (Å²) in [6.45, 7) is 0. The maximum atomic E-state index is 9.08. The largest absolute Gasteiger partial charge is 0.489 e. The van der Waals surface area contributed by atoms with Gasteiger partial charge in [0.05, 0.1) is 27.4 Å². The summed E-state index contributed by atoms with van der Waals surface area (Å²) in [5.41, 5.74) is 23.2. The third-order valence-corrected chi connectivity index (χ3v) is 24.1. The van der Waals surface area contributed by atoms with Crippen LogP contribution in [0.15, 0.2) is 541 Å². The average Bonchev–Trinajstić information content (AvgIpc) is 0.700. The van der Waals surface area contributed by atoms with E-state index in [9.17, 15) is 0 Å². The van der Waals surface area contributed by atoms with Gasteiger partial charge in [0.15, 0.2) is 0 Å². The van der Waals surface area contributed by atoms with Crippen molar-refractivity contribution in [2.45, 2.75) is 7.43 Å². The van der Waals surface area contributed by atoms with E-state index in [0.29, 0.717) is 36.9 Å². The van der Waals surface area contributed by atoms with E-state index in [1.165, 1.54) is 14.3 Å². The lowest BCUT2D eigenvalue weighted by molar-refractivity contribution is 0.426. The Kier molecular flexibility index (Phi) is 26.1. The summed E-state index contributed by atoms with van der Waals surface area (Å²) in [5, 5.41) is 29.8. The fraction of sp³-hybridized carbons (Fsp3) is 0.00800. The number of nitrogens with two attached hydrogens (primary N) is 1. The zero-order valence-electron chi connectivity index (χ0n) is 91.6. The minimum absolute atomic E-state index is 0. The molecule has 0 saturated carbocycles. The predicted molar refractivity (Wildman–Crippen MR) is 609 cm³/mol. The van der Waals surface area contributed by atoms with Crippen LogP contribution in [0.5, 0.6) is 0 Å². The van der Waals surface area contributed by atoms with Gasteiger partial charge in [0.2, 0.25) is 0 Å². The Morgan fingerprint density at radius 2 is 0.526 bits per heavy atom. The number of nitrogens with one attached hydrogen (secondary N) is 1. The lowest BCUT2D eigenvalue weighted by Gasteiger charge is -2.14. The first kappa shape index (κ1) is 72.8. The molecule has 0 atom stereocenters. The van der Waals surface area contributed by atoms with E-state index in [4.69, 9.17) is 43.2 Å². The van der Waals surface area contributed by atoms with Crippen molar-refractivity contribution in [3.05, 3.63) is 548 Å². The highest BCUT2D eigenvalue weighted by Gasteiger charge is 2.17. The van der Waals surface area contributed by atoms with Gasteiger partial charge < -0.3 is 21.1 Å². The van der Waals surface area contributed by atoms with Gasteiger partial charge in [0.1, 0.15) is 0 Å². The molecule has 5 N–H and O–H groups in total. The summed E-state index contributed by atoms with van der Waals surface area (Å²) < 4.78 is 165. The van der Waals surface area contributed by atoms with Crippen LogP contribution in [-0.2, 0) is 0 Å². The molecule has 0 aliphatic carbocycles. The molecule has 135 heavy (non-hydrogen) atoms. The summed E-state index contributed by atoms with van der Waals surface area (Å²) in [5.74, 6) is 0. The van der Waals surface area contributed by atoms with E-state index in [1.54, 1.807) is 28.7 Å². The number of hydrogen-bond acceptors (Lipinski definition) is 4. The Labute approximate surface area is 873 Å². The van der Waals surface area contributed by atoms with E-state index in [-0.39, 0.29) is 164 Å². The number of hydrogen-bond donors (Lipinski definition) is 4. The first-order chi connectivity index (χ1) is 74.1. The summed E-state index contributed by atoms with van der Waals surface area (Å²) >= 11 is 13.4. The Morgan fingerprint density at radius 3 is 0.926 bits per heavy atom. The average molecular weight is 2180 g/mol. The van der Waals surface area contributed by atoms with Crippen molar-refractivity contribution in [1.82, 2.24) is 0 Å².